The largest absolute Gasteiger partial charge is 0.380 e. The van der Waals surface area contributed by atoms with Gasteiger partial charge in [-0.2, -0.15) is 0 Å². The van der Waals surface area contributed by atoms with Crippen LogP contribution in [-0.2, 0) is 4.74 Å². The summed E-state index contributed by atoms with van der Waals surface area (Å²) in [5.41, 5.74) is 0.435. The van der Waals surface area contributed by atoms with Gasteiger partial charge < -0.3 is 15.0 Å². The predicted octanol–water partition coefficient (Wildman–Crippen LogP) is 1.49. The van der Waals surface area contributed by atoms with Crippen LogP contribution in [0.1, 0.15) is 32.6 Å². The Balaban J connectivity index is 2.03. The molecule has 0 aromatic carbocycles. The minimum absolute atomic E-state index is 0.435. The van der Waals surface area contributed by atoms with Crippen LogP contribution in [-0.4, -0.2) is 50.8 Å². The monoisotopic (exact) mass is 214 g/mol. The molecule has 0 spiro atoms. The van der Waals surface area contributed by atoms with Crippen molar-refractivity contribution in [2.24, 2.45) is 0 Å². The number of rotatable bonds is 8. The van der Waals surface area contributed by atoms with Gasteiger partial charge in [-0.1, -0.05) is 6.92 Å². The highest BCUT2D eigenvalue weighted by Gasteiger charge is 2.38. The Labute approximate surface area is 94.2 Å². The van der Waals surface area contributed by atoms with E-state index in [0.29, 0.717) is 5.54 Å². The Bertz CT molecular complexity index is 167. The van der Waals surface area contributed by atoms with Gasteiger partial charge in [0.1, 0.15) is 0 Å². The van der Waals surface area contributed by atoms with Crippen molar-refractivity contribution in [3.8, 4) is 0 Å². The standard InChI is InChI=1S/C12H26N2O/c1-4-9-15-10-8-13-11-12(14(2)3)6-5-7-12/h13H,4-11H2,1-3H3. The van der Waals surface area contributed by atoms with Crippen LogP contribution in [0, 0.1) is 0 Å². The molecule has 1 aliphatic carbocycles. The molecule has 0 amide bonds. The summed E-state index contributed by atoms with van der Waals surface area (Å²) in [7, 11) is 4.38. The normalized spacial score (nSPS) is 19.2. The lowest BCUT2D eigenvalue weighted by Crippen LogP contribution is -2.56. The zero-order chi connectivity index (χ0) is 11.1. The van der Waals surface area contributed by atoms with Crippen LogP contribution < -0.4 is 5.32 Å². The summed E-state index contributed by atoms with van der Waals surface area (Å²) in [6, 6.07) is 0. The second-order valence-corrected chi connectivity index (χ2v) is 4.76. The van der Waals surface area contributed by atoms with Crippen molar-refractivity contribution < 1.29 is 4.74 Å². The Kier molecular flexibility index (Phi) is 5.58. The molecular formula is C12H26N2O. The van der Waals surface area contributed by atoms with Crippen molar-refractivity contribution in [3.05, 3.63) is 0 Å². The van der Waals surface area contributed by atoms with Crippen LogP contribution in [0.15, 0.2) is 0 Å². The molecule has 0 aromatic rings. The Hall–Kier alpha value is -0.120. The molecule has 0 saturated heterocycles. The predicted molar refractivity (Wildman–Crippen MR) is 64.2 cm³/mol. The van der Waals surface area contributed by atoms with E-state index in [1.54, 1.807) is 0 Å². The van der Waals surface area contributed by atoms with Crippen LogP contribution in [0.5, 0.6) is 0 Å². The fourth-order valence-electron chi connectivity index (χ4n) is 2.08. The summed E-state index contributed by atoms with van der Waals surface area (Å²) >= 11 is 0. The molecule has 3 heteroatoms. The van der Waals surface area contributed by atoms with Gasteiger partial charge in [0.15, 0.2) is 0 Å². The highest BCUT2D eigenvalue weighted by atomic mass is 16.5. The smallest absolute Gasteiger partial charge is 0.0590 e. The average Bonchev–Trinajstić information content (AvgIpc) is 2.13. The van der Waals surface area contributed by atoms with Crippen LogP contribution in [0.2, 0.25) is 0 Å². The lowest BCUT2D eigenvalue weighted by Gasteiger charge is -2.47. The zero-order valence-electron chi connectivity index (χ0n) is 10.5. The van der Waals surface area contributed by atoms with Crippen molar-refractivity contribution in [2.75, 3.05) is 40.4 Å². The fourth-order valence-corrected chi connectivity index (χ4v) is 2.08. The van der Waals surface area contributed by atoms with Crippen molar-refractivity contribution in [1.82, 2.24) is 10.2 Å². The summed E-state index contributed by atoms with van der Waals surface area (Å²) < 4.78 is 5.43. The maximum atomic E-state index is 5.43. The molecule has 1 aliphatic rings. The molecule has 1 N–H and O–H groups in total. The molecule has 3 nitrogen and oxygen atoms in total. The Morgan fingerprint density at radius 3 is 2.47 bits per heavy atom. The molecule has 0 atom stereocenters. The van der Waals surface area contributed by atoms with E-state index in [4.69, 9.17) is 4.74 Å². The van der Waals surface area contributed by atoms with E-state index < -0.39 is 0 Å². The van der Waals surface area contributed by atoms with Gasteiger partial charge in [0.25, 0.3) is 0 Å². The van der Waals surface area contributed by atoms with Crippen molar-refractivity contribution in [2.45, 2.75) is 38.1 Å². The van der Waals surface area contributed by atoms with Crippen molar-refractivity contribution in [1.29, 1.82) is 0 Å². The Morgan fingerprint density at radius 2 is 2.00 bits per heavy atom. The number of hydrogen-bond acceptors (Lipinski definition) is 3. The van der Waals surface area contributed by atoms with Gasteiger partial charge in [-0.15, -0.1) is 0 Å². The number of hydrogen-bond donors (Lipinski definition) is 1. The first-order valence-corrected chi connectivity index (χ1v) is 6.17. The maximum absolute atomic E-state index is 5.43. The summed E-state index contributed by atoms with van der Waals surface area (Å²) in [6.07, 6.45) is 5.17. The first kappa shape index (κ1) is 12.9. The van der Waals surface area contributed by atoms with Crippen LogP contribution in [0.25, 0.3) is 0 Å². The molecule has 0 aromatic heterocycles. The maximum Gasteiger partial charge on any atom is 0.0590 e. The minimum Gasteiger partial charge on any atom is -0.380 e. The minimum atomic E-state index is 0.435. The van der Waals surface area contributed by atoms with E-state index in [9.17, 15) is 0 Å². The third kappa shape index (κ3) is 3.74. The molecular weight excluding hydrogens is 188 g/mol. The first-order chi connectivity index (χ1) is 7.21. The fraction of sp³-hybridized carbons (Fsp3) is 1.00. The van der Waals surface area contributed by atoms with Crippen LogP contribution >= 0.6 is 0 Å². The van der Waals surface area contributed by atoms with Gasteiger partial charge in [-0.05, 0) is 39.8 Å². The quantitative estimate of drug-likeness (QED) is 0.620. The van der Waals surface area contributed by atoms with Crippen LogP contribution in [0.4, 0.5) is 0 Å². The van der Waals surface area contributed by atoms with Gasteiger partial charge >= 0.3 is 0 Å². The molecule has 0 aliphatic heterocycles. The van der Waals surface area contributed by atoms with E-state index in [0.717, 1.165) is 32.7 Å². The molecule has 1 rings (SSSR count). The highest BCUT2D eigenvalue weighted by Crippen LogP contribution is 2.35. The molecule has 0 heterocycles. The second kappa shape index (κ2) is 6.46. The van der Waals surface area contributed by atoms with E-state index in [2.05, 4.69) is 31.2 Å². The Morgan fingerprint density at radius 1 is 1.27 bits per heavy atom. The van der Waals surface area contributed by atoms with E-state index >= 15 is 0 Å². The van der Waals surface area contributed by atoms with E-state index in [1.165, 1.54) is 19.3 Å². The third-order valence-electron chi connectivity index (χ3n) is 3.46. The summed E-state index contributed by atoms with van der Waals surface area (Å²) in [6.45, 7) is 5.96. The van der Waals surface area contributed by atoms with Gasteiger partial charge in [0.2, 0.25) is 0 Å². The first-order valence-electron chi connectivity index (χ1n) is 6.17. The second-order valence-electron chi connectivity index (χ2n) is 4.76. The zero-order valence-corrected chi connectivity index (χ0v) is 10.5. The number of ether oxygens (including phenoxy) is 1. The lowest BCUT2D eigenvalue weighted by atomic mass is 9.75. The lowest BCUT2D eigenvalue weighted by molar-refractivity contribution is 0.0564. The van der Waals surface area contributed by atoms with Gasteiger partial charge in [0.05, 0.1) is 6.61 Å². The SMILES string of the molecule is CCCOCCNCC1(N(C)C)CCC1. The van der Waals surface area contributed by atoms with Gasteiger partial charge in [-0.25, -0.2) is 0 Å². The van der Waals surface area contributed by atoms with Crippen molar-refractivity contribution >= 4 is 0 Å². The van der Waals surface area contributed by atoms with E-state index in [-0.39, 0.29) is 0 Å². The van der Waals surface area contributed by atoms with Gasteiger partial charge in [0, 0.05) is 25.2 Å². The van der Waals surface area contributed by atoms with Crippen molar-refractivity contribution in [3.63, 3.8) is 0 Å². The molecule has 1 fully saturated rings. The number of nitrogens with zero attached hydrogens (tertiary/aromatic N) is 1. The molecule has 0 bridgehead atoms. The van der Waals surface area contributed by atoms with Gasteiger partial charge in [-0.3, -0.25) is 0 Å². The van der Waals surface area contributed by atoms with Crippen LogP contribution in [0.3, 0.4) is 0 Å². The summed E-state index contributed by atoms with van der Waals surface area (Å²) in [5, 5.41) is 3.50. The molecule has 90 valence electrons. The summed E-state index contributed by atoms with van der Waals surface area (Å²) in [5.74, 6) is 0. The number of nitrogens with one attached hydrogen (secondary N) is 1. The highest BCUT2D eigenvalue weighted by molar-refractivity contribution is 4.97. The topological polar surface area (TPSA) is 24.5 Å². The molecule has 0 unspecified atom stereocenters. The number of likely N-dealkylation sites (N-methyl/N-ethyl adjacent to an activating group) is 1. The third-order valence-corrected chi connectivity index (χ3v) is 3.46. The molecule has 1 saturated carbocycles. The van der Waals surface area contributed by atoms with E-state index in [1.807, 2.05) is 0 Å². The average molecular weight is 214 g/mol. The molecule has 15 heavy (non-hydrogen) atoms. The molecule has 0 radical (unpaired) electrons. The summed E-state index contributed by atoms with van der Waals surface area (Å²) in [4.78, 5) is 2.37.